The summed E-state index contributed by atoms with van der Waals surface area (Å²) >= 11 is 2.44. The lowest BCUT2D eigenvalue weighted by Crippen LogP contribution is -1.99. The van der Waals surface area contributed by atoms with Gasteiger partial charge in [-0.15, -0.1) is 0 Å². The molecule has 0 radical (unpaired) electrons. The molecule has 0 saturated carbocycles. The average Bonchev–Trinajstić information content (AvgIpc) is 4.17. The van der Waals surface area contributed by atoms with Gasteiger partial charge in [0.05, 0.1) is 36.3 Å². The van der Waals surface area contributed by atoms with Gasteiger partial charge in [-0.2, -0.15) is 17.5 Å². The molecule has 1 aliphatic rings. The minimum Gasteiger partial charge on any atom is -0.494 e. The summed E-state index contributed by atoms with van der Waals surface area (Å²) < 4.78 is 32.2. The molecule has 0 aliphatic carbocycles. The lowest BCUT2D eigenvalue weighted by Gasteiger charge is -2.19. The number of benzene rings is 9. The quantitative estimate of drug-likeness (QED) is 0.0634. The van der Waals surface area contributed by atoms with Gasteiger partial charge >= 0.3 is 0 Å². The Morgan fingerprint density at radius 3 is 0.932 bits per heavy atom. The highest BCUT2D eigenvalue weighted by Gasteiger charge is 2.27. The Bertz CT molecular complexity index is 3340. The second kappa shape index (κ2) is 22.6. The third kappa shape index (κ3) is 10.1. The van der Waals surface area contributed by atoms with Crippen molar-refractivity contribution in [3.8, 4) is 33.8 Å². The van der Waals surface area contributed by atoms with Crippen LogP contribution in [0.3, 0.4) is 0 Å². The fourth-order valence-electron chi connectivity index (χ4n) is 9.76. The smallest absolute Gasteiger partial charge is 0.119 e. The molecule has 0 spiro atoms. The summed E-state index contributed by atoms with van der Waals surface area (Å²) in [6, 6.07) is 77.4. The van der Waals surface area contributed by atoms with Gasteiger partial charge in [0.15, 0.2) is 0 Å². The van der Waals surface area contributed by atoms with Gasteiger partial charge in [0.1, 0.15) is 33.9 Å². The van der Waals surface area contributed by atoms with Crippen molar-refractivity contribution < 1.29 is 9.47 Å². The van der Waals surface area contributed by atoms with Crippen molar-refractivity contribution in [2.45, 2.75) is 39.5 Å². The molecule has 0 bridgehead atoms. The van der Waals surface area contributed by atoms with Crippen molar-refractivity contribution in [1.82, 2.24) is 8.75 Å². The number of unbranched alkanes of at least 4 members (excludes halogenated alkanes) is 2. The zero-order valence-electron chi connectivity index (χ0n) is 41.4. The van der Waals surface area contributed by atoms with Gasteiger partial charge in [0.25, 0.3) is 0 Å². The number of rotatable bonds is 18. The van der Waals surface area contributed by atoms with Crippen LogP contribution in [0.15, 0.2) is 227 Å². The van der Waals surface area contributed by atoms with Crippen molar-refractivity contribution in [3.05, 3.63) is 263 Å². The Labute approximate surface area is 441 Å². The molecule has 0 N–H and O–H groups in total. The Morgan fingerprint density at radius 1 is 0.351 bits per heavy atom. The maximum atomic E-state index is 6.12. The molecule has 74 heavy (non-hydrogen) atoms. The Hall–Kier alpha value is -8.30. The van der Waals surface area contributed by atoms with E-state index in [9.17, 15) is 0 Å². The van der Waals surface area contributed by atoms with Gasteiger partial charge in [0, 0.05) is 11.1 Å². The first-order valence-corrected chi connectivity index (χ1v) is 26.9. The SMILES string of the molecule is CCCCOc1ccc(C(=C(c2ccccc2)c2ccccc2)c2ccc(-c3c4c(c(-c5ccc(C(=C(c6ccccc6)c6ccccc6)c6ccc(OCCCC)cc6)cc5)c5nsnc35)N=S=N4)cc2)cc1. The normalized spacial score (nSPS) is 11.5. The molecule has 11 rings (SSSR count). The maximum Gasteiger partial charge on any atom is 0.119 e. The number of hydrogen-bond donors (Lipinski definition) is 0. The summed E-state index contributed by atoms with van der Waals surface area (Å²) in [7, 11) is 0. The van der Waals surface area contributed by atoms with Crippen LogP contribution in [0.2, 0.25) is 0 Å². The molecule has 6 nitrogen and oxygen atoms in total. The lowest BCUT2D eigenvalue weighted by atomic mass is 9.84. The fourth-order valence-corrected chi connectivity index (χ4v) is 10.9. The zero-order chi connectivity index (χ0) is 50.1. The summed E-state index contributed by atoms with van der Waals surface area (Å²) in [5, 5.41) is 0. The van der Waals surface area contributed by atoms with Crippen LogP contribution < -0.4 is 9.47 Å². The molecule has 0 unspecified atom stereocenters. The summed E-state index contributed by atoms with van der Waals surface area (Å²) in [6.45, 7) is 5.76. The Morgan fingerprint density at radius 2 is 0.635 bits per heavy atom. The molecular formula is C66H54N4O2S2. The summed E-state index contributed by atoms with van der Waals surface area (Å²) in [5.41, 5.74) is 20.5. The minimum atomic E-state index is 0.700. The van der Waals surface area contributed by atoms with Crippen LogP contribution in [-0.4, -0.2) is 22.0 Å². The average molecular weight is 999 g/mol. The summed E-state index contributed by atoms with van der Waals surface area (Å²) in [6.07, 6.45) is 4.21. The molecule has 1 aliphatic heterocycles. The molecule has 0 amide bonds. The van der Waals surface area contributed by atoms with Gasteiger partial charge in [-0.25, -0.2) is 0 Å². The predicted molar refractivity (Wildman–Crippen MR) is 309 cm³/mol. The van der Waals surface area contributed by atoms with E-state index < -0.39 is 0 Å². The Balaban J connectivity index is 1.01. The first kappa shape index (κ1) is 48.0. The van der Waals surface area contributed by atoms with E-state index in [1.165, 1.54) is 23.1 Å². The highest BCUT2D eigenvalue weighted by molar-refractivity contribution is 7.58. The molecule has 0 saturated heterocycles. The largest absolute Gasteiger partial charge is 0.494 e. The first-order chi connectivity index (χ1) is 36.7. The number of fused-ring (bicyclic) bond motifs is 2. The van der Waals surface area contributed by atoms with E-state index >= 15 is 0 Å². The molecule has 0 fully saturated rings. The van der Waals surface area contributed by atoms with Crippen molar-refractivity contribution in [1.29, 1.82) is 0 Å². The van der Waals surface area contributed by atoms with Gasteiger partial charge in [0.2, 0.25) is 0 Å². The number of hydrogen-bond acceptors (Lipinski definition) is 7. The third-order valence-electron chi connectivity index (χ3n) is 13.4. The molecule has 0 atom stereocenters. The van der Waals surface area contributed by atoms with Crippen LogP contribution in [0.25, 0.3) is 55.6 Å². The van der Waals surface area contributed by atoms with Crippen molar-refractivity contribution in [3.63, 3.8) is 0 Å². The molecule has 362 valence electrons. The zero-order valence-corrected chi connectivity index (χ0v) is 43.1. The first-order valence-electron chi connectivity index (χ1n) is 25.5. The fraction of sp³-hybridized carbons (Fsp3) is 0.121. The van der Waals surface area contributed by atoms with E-state index in [2.05, 4.69) is 232 Å². The van der Waals surface area contributed by atoms with E-state index in [1.54, 1.807) is 0 Å². The molecule has 1 aromatic heterocycles. The number of ether oxygens (including phenoxy) is 2. The monoisotopic (exact) mass is 998 g/mol. The van der Waals surface area contributed by atoms with Crippen LogP contribution in [-0.2, 0) is 11.4 Å². The van der Waals surface area contributed by atoms with Crippen molar-refractivity contribution >= 4 is 67.8 Å². The van der Waals surface area contributed by atoms with E-state index in [-0.39, 0.29) is 0 Å². The van der Waals surface area contributed by atoms with E-state index in [4.69, 9.17) is 26.9 Å². The standard InChI is InChI=1S/C66H54N4O2S2/c1-3-5-43-71-55-39-35-51(36-40-55)59(57(45-19-11-7-12-20-45)46-21-13-8-14-22-46)49-27-31-53(32-28-49)61-63-65(69-73-67-63)62(66-64(61)68-74-70-66)54-33-29-50(30-34-54)60(52-37-41-56(42-38-52)72-44-6-4-2)58(47-23-15-9-16-24-47)48-25-17-10-18-26-48/h7-42H,3-6,43-44H2,1-2H3. The van der Waals surface area contributed by atoms with Crippen molar-refractivity contribution in [2.24, 2.45) is 8.73 Å². The van der Waals surface area contributed by atoms with Crippen LogP contribution in [0.1, 0.15) is 84.0 Å². The highest BCUT2D eigenvalue weighted by atomic mass is 32.1. The molecule has 2 heterocycles. The topological polar surface area (TPSA) is 69.0 Å². The van der Waals surface area contributed by atoms with E-state index in [0.29, 0.717) is 13.2 Å². The summed E-state index contributed by atoms with van der Waals surface area (Å²) in [4.78, 5) is 0. The summed E-state index contributed by atoms with van der Waals surface area (Å²) in [5.74, 6) is 1.74. The van der Waals surface area contributed by atoms with Gasteiger partial charge < -0.3 is 9.47 Å². The minimum absolute atomic E-state index is 0.700. The van der Waals surface area contributed by atoms with Crippen molar-refractivity contribution in [2.75, 3.05) is 13.2 Å². The molecule has 10 aromatic rings. The third-order valence-corrected chi connectivity index (χ3v) is 14.5. The molecule has 8 heteroatoms. The highest BCUT2D eigenvalue weighted by Crippen LogP contribution is 2.52. The van der Waals surface area contributed by atoms with Gasteiger partial charge in [-0.05, 0) is 115 Å². The van der Waals surface area contributed by atoms with Gasteiger partial charge in [-0.1, -0.05) is 221 Å². The molecular weight excluding hydrogens is 945 g/mol. The second-order valence-electron chi connectivity index (χ2n) is 18.2. The Kier molecular flexibility index (Phi) is 14.7. The van der Waals surface area contributed by atoms with Crippen LogP contribution >= 0.6 is 11.7 Å². The molecule has 9 aromatic carbocycles. The predicted octanol–water partition coefficient (Wildman–Crippen LogP) is 18.1. The second-order valence-corrected chi connectivity index (χ2v) is 19.3. The van der Waals surface area contributed by atoms with Crippen LogP contribution in [0, 0.1) is 0 Å². The number of nitrogens with zero attached hydrogens (tertiary/aromatic N) is 4. The van der Waals surface area contributed by atoms with E-state index in [0.717, 1.165) is 149 Å². The van der Waals surface area contributed by atoms with E-state index in [1.807, 2.05) is 0 Å². The van der Waals surface area contributed by atoms with Crippen LogP contribution in [0.5, 0.6) is 11.5 Å². The maximum absolute atomic E-state index is 6.12. The van der Waals surface area contributed by atoms with Crippen LogP contribution in [0.4, 0.5) is 11.4 Å². The van der Waals surface area contributed by atoms with Gasteiger partial charge in [-0.3, -0.25) is 0 Å². The lowest BCUT2D eigenvalue weighted by molar-refractivity contribution is 0.309. The number of aromatic nitrogens is 2.